The fraction of sp³-hybridized carbons (Fsp3) is 0.500. The molecule has 0 atom stereocenters. The van der Waals surface area contributed by atoms with Crippen molar-refractivity contribution in [1.29, 1.82) is 0 Å². The molecule has 5 heteroatoms. The van der Waals surface area contributed by atoms with Gasteiger partial charge in [-0.1, -0.05) is 0 Å². The van der Waals surface area contributed by atoms with Crippen LogP contribution in [0.25, 0.3) is 0 Å². The highest BCUT2D eigenvalue weighted by molar-refractivity contribution is 5.73. The zero-order valence-electron chi connectivity index (χ0n) is 10.6. The van der Waals surface area contributed by atoms with Gasteiger partial charge in [-0.2, -0.15) is 0 Å². The van der Waals surface area contributed by atoms with E-state index in [1.54, 1.807) is 23.4 Å². The maximum Gasteiger partial charge on any atom is 0.415 e. The summed E-state index contributed by atoms with van der Waals surface area (Å²) in [5.41, 5.74) is 0.781. The number of hydrogen-bond donors (Lipinski definition) is 1. The van der Waals surface area contributed by atoms with Crippen molar-refractivity contribution in [3.05, 3.63) is 18.5 Å². The molecule has 5 nitrogen and oxygen atoms in total. The van der Waals surface area contributed by atoms with E-state index in [2.05, 4.69) is 10.3 Å². The van der Waals surface area contributed by atoms with Gasteiger partial charge in [0.25, 0.3) is 0 Å². The van der Waals surface area contributed by atoms with Crippen LogP contribution in [0.3, 0.4) is 0 Å². The SMILES string of the molecule is CCNc1ccncc1OC(=O)N(CC)CC. The van der Waals surface area contributed by atoms with Gasteiger partial charge in [-0.15, -0.1) is 0 Å². The molecule has 94 valence electrons. The molecule has 0 bridgehead atoms. The first-order valence-corrected chi connectivity index (χ1v) is 5.87. The highest BCUT2D eigenvalue weighted by Crippen LogP contribution is 2.22. The van der Waals surface area contributed by atoms with Crippen LogP contribution < -0.4 is 10.1 Å². The summed E-state index contributed by atoms with van der Waals surface area (Å²) in [5.74, 6) is 0.464. The Morgan fingerprint density at radius 3 is 2.71 bits per heavy atom. The van der Waals surface area contributed by atoms with Crippen molar-refractivity contribution >= 4 is 11.8 Å². The van der Waals surface area contributed by atoms with Gasteiger partial charge in [-0.3, -0.25) is 4.98 Å². The van der Waals surface area contributed by atoms with Gasteiger partial charge in [-0.25, -0.2) is 4.79 Å². The van der Waals surface area contributed by atoms with Gasteiger partial charge in [0.2, 0.25) is 0 Å². The van der Waals surface area contributed by atoms with E-state index in [0.29, 0.717) is 18.8 Å². The molecule has 0 saturated heterocycles. The number of nitrogens with one attached hydrogen (secondary N) is 1. The lowest BCUT2D eigenvalue weighted by atomic mass is 10.4. The third-order valence-electron chi connectivity index (χ3n) is 2.37. The number of anilines is 1. The topological polar surface area (TPSA) is 54.5 Å². The zero-order chi connectivity index (χ0) is 12.7. The third kappa shape index (κ3) is 3.62. The van der Waals surface area contributed by atoms with Crippen molar-refractivity contribution in [3.63, 3.8) is 0 Å². The lowest BCUT2D eigenvalue weighted by Crippen LogP contribution is -2.33. The first kappa shape index (κ1) is 13.3. The van der Waals surface area contributed by atoms with E-state index < -0.39 is 0 Å². The molecular weight excluding hydrogens is 218 g/mol. The predicted octanol–water partition coefficient (Wildman–Crippen LogP) is 2.35. The van der Waals surface area contributed by atoms with E-state index in [1.165, 1.54) is 0 Å². The fourth-order valence-corrected chi connectivity index (χ4v) is 1.44. The first-order valence-electron chi connectivity index (χ1n) is 5.87. The van der Waals surface area contributed by atoms with Crippen LogP contribution in [0.4, 0.5) is 10.5 Å². The number of rotatable bonds is 5. The predicted molar refractivity (Wildman–Crippen MR) is 67.3 cm³/mol. The number of carbonyl (C=O) groups is 1. The van der Waals surface area contributed by atoms with Crippen molar-refractivity contribution in [2.75, 3.05) is 25.0 Å². The lowest BCUT2D eigenvalue weighted by molar-refractivity contribution is 0.157. The van der Waals surface area contributed by atoms with Crippen LogP contribution in [0.1, 0.15) is 20.8 Å². The molecule has 17 heavy (non-hydrogen) atoms. The number of amides is 1. The van der Waals surface area contributed by atoms with Gasteiger partial charge in [0.15, 0.2) is 5.75 Å². The molecule has 0 aliphatic heterocycles. The van der Waals surface area contributed by atoms with E-state index in [1.807, 2.05) is 20.8 Å². The second-order valence-electron chi connectivity index (χ2n) is 3.44. The molecule has 0 saturated carbocycles. The lowest BCUT2D eigenvalue weighted by Gasteiger charge is -2.18. The third-order valence-corrected chi connectivity index (χ3v) is 2.37. The molecule has 0 aliphatic carbocycles. The Morgan fingerprint density at radius 1 is 1.41 bits per heavy atom. The average molecular weight is 237 g/mol. The summed E-state index contributed by atoms with van der Waals surface area (Å²) in [6.07, 6.45) is 2.86. The van der Waals surface area contributed by atoms with E-state index >= 15 is 0 Å². The second-order valence-corrected chi connectivity index (χ2v) is 3.44. The molecule has 1 heterocycles. The summed E-state index contributed by atoms with van der Waals surface area (Å²) in [6.45, 7) is 7.84. The van der Waals surface area contributed by atoms with Crippen molar-refractivity contribution in [2.24, 2.45) is 0 Å². The molecule has 0 fully saturated rings. The average Bonchev–Trinajstić information content (AvgIpc) is 2.33. The molecule has 1 amide bonds. The summed E-state index contributed by atoms with van der Waals surface area (Å²) in [4.78, 5) is 17.3. The molecule has 0 radical (unpaired) electrons. The minimum Gasteiger partial charge on any atom is -0.406 e. The summed E-state index contributed by atoms with van der Waals surface area (Å²) in [6, 6.07) is 1.79. The van der Waals surface area contributed by atoms with Crippen molar-refractivity contribution in [1.82, 2.24) is 9.88 Å². The Hall–Kier alpha value is -1.78. The summed E-state index contributed by atoms with van der Waals surface area (Å²) in [7, 11) is 0. The summed E-state index contributed by atoms with van der Waals surface area (Å²) in [5, 5.41) is 3.12. The molecule has 0 unspecified atom stereocenters. The molecule has 1 N–H and O–H groups in total. The van der Waals surface area contributed by atoms with E-state index in [-0.39, 0.29) is 6.09 Å². The van der Waals surface area contributed by atoms with Crippen LogP contribution >= 0.6 is 0 Å². The quantitative estimate of drug-likeness (QED) is 0.854. The monoisotopic (exact) mass is 237 g/mol. The van der Waals surface area contributed by atoms with E-state index in [4.69, 9.17) is 4.74 Å². The Labute approximate surface area is 102 Å². The van der Waals surface area contributed by atoms with Crippen LogP contribution in [0.2, 0.25) is 0 Å². The summed E-state index contributed by atoms with van der Waals surface area (Å²) >= 11 is 0. The fourth-order valence-electron chi connectivity index (χ4n) is 1.44. The Kier molecular flexibility index (Phi) is 5.26. The first-order chi connectivity index (χ1) is 8.22. The second kappa shape index (κ2) is 6.73. The molecule has 0 aliphatic rings. The number of carbonyl (C=O) groups excluding carboxylic acids is 1. The minimum atomic E-state index is -0.345. The molecule has 0 aromatic carbocycles. The highest BCUT2D eigenvalue weighted by atomic mass is 16.6. The van der Waals surface area contributed by atoms with Gasteiger partial charge in [0.1, 0.15) is 0 Å². The number of nitrogens with zero attached hydrogens (tertiary/aromatic N) is 2. The maximum atomic E-state index is 11.8. The Bertz CT molecular complexity index is 365. The number of pyridine rings is 1. The Balaban J connectivity index is 2.76. The normalized spacial score (nSPS) is 9.82. The summed E-state index contributed by atoms with van der Waals surface area (Å²) < 4.78 is 5.30. The van der Waals surface area contributed by atoms with Crippen LogP contribution in [-0.4, -0.2) is 35.6 Å². The van der Waals surface area contributed by atoms with Gasteiger partial charge < -0.3 is 15.0 Å². The largest absolute Gasteiger partial charge is 0.415 e. The van der Waals surface area contributed by atoms with Gasteiger partial charge in [-0.05, 0) is 26.8 Å². The standard InChI is InChI=1S/C12H19N3O2/c1-4-14-10-7-8-13-9-11(10)17-12(16)15(5-2)6-3/h7-9H,4-6H2,1-3H3,(H,13,14). The van der Waals surface area contributed by atoms with Crippen LogP contribution in [0.5, 0.6) is 5.75 Å². The van der Waals surface area contributed by atoms with Gasteiger partial charge >= 0.3 is 6.09 Å². The van der Waals surface area contributed by atoms with Gasteiger partial charge in [0.05, 0.1) is 11.9 Å². The number of ether oxygens (including phenoxy) is 1. The minimum absolute atomic E-state index is 0.345. The maximum absolute atomic E-state index is 11.8. The molecule has 1 aromatic heterocycles. The van der Waals surface area contributed by atoms with Gasteiger partial charge in [0, 0.05) is 25.8 Å². The zero-order valence-corrected chi connectivity index (χ0v) is 10.6. The van der Waals surface area contributed by atoms with Crippen LogP contribution in [0.15, 0.2) is 18.5 Å². The van der Waals surface area contributed by atoms with E-state index in [0.717, 1.165) is 12.2 Å². The number of hydrogen-bond acceptors (Lipinski definition) is 4. The van der Waals surface area contributed by atoms with Crippen molar-refractivity contribution in [2.45, 2.75) is 20.8 Å². The molecule has 1 aromatic rings. The van der Waals surface area contributed by atoms with Crippen molar-refractivity contribution < 1.29 is 9.53 Å². The molecule has 1 rings (SSSR count). The molecular formula is C12H19N3O2. The smallest absolute Gasteiger partial charge is 0.406 e. The van der Waals surface area contributed by atoms with E-state index in [9.17, 15) is 4.79 Å². The van der Waals surface area contributed by atoms with Crippen LogP contribution in [0, 0.1) is 0 Å². The highest BCUT2D eigenvalue weighted by Gasteiger charge is 2.14. The number of aromatic nitrogens is 1. The Morgan fingerprint density at radius 2 is 2.12 bits per heavy atom. The van der Waals surface area contributed by atoms with Crippen LogP contribution in [-0.2, 0) is 0 Å². The molecule has 0 spiro atoms. The van der Waals surface area contributed by atoms with Crippen molar-refractivity contribution in [3.8, 4) is 5.75 Å².